The summed E-state index contributed by atoms with van der Waals surface area (Å²) in [4.78, 5) is 19.6. The number of ether oxygens (including phenoxy) is 1. The number of hydrogen-bond acceptors (Lipinski definition) is 10. The minimum Gasteiger partial charge on any atom is -0.444 e. The van der Waals surface area contributed by atoms with Crippen LogP contribution in [0.15, 0.2) is 15.4 Å². The Balaban J connectivity index is 1.45. The first-order valence-electron chi connectivity index (χ1n) is 11.9. The molecule has 2 unspecified atom stereocenters. The summed E-state index contributed by atoms with van der Waals surface area (Å²) in [5, 5.41) is 28.8. The van der Waals surface area contributed by atoms with Gasteiger partial charge in [0.05, 0.1) is 11.8 Å². The fraction of sp³-hybridized carbons (Fsp3) is 0.773. The van der Waals surface area contributed by atoms with Crippen LogP contribution in [0, 0.1) is 12.3 Å². The van der Waals surface area contributed by atoms with Crippen LogP contribution in [0.4, 0.5) is 4.79 Å². The van der Waals surface area contributed by atoms with Gasteiger partial charge in [0.15, 0.2) is 11.5 Å². The molecule has 0 radical (unpaired) electrons. The first-order chi connectivity index (χ1) is 16.3. The summed E-state index contributed by atoms with van der Waals surface area (Å²) in [5.74, 6) is 3.31. The number of terminal acetylenes is 1. The Hall–Kier alpha value is -3.07. The molecule has 12 heteroatoms. The molecule has 0 bridgehead atoms. The molecule has 34 heavy (non-hydrogen) atoms. The molecule has 184 valence electrons. The lowest BCUT2D eigenvalue weighted by Gasteiger charge is -2.34. The van der Waals surface area contributed by atoms with E-state index >= 15 is 0 Å². The Morgan fingerprint density at radius 1 is 1.38 bits per heavy atom. The fourth-order valence-electron chi connectivity index (χ4n) is 4.26. The van der Waals surface area contributed by atoms with Crippen molar-refractivity contribution in [2.45, 2.75) is 82.6 Å². The van der Waals surface area contributed by atoms with Gasteiger partial charge in [-0.25, -0.2) is 9.48 Å². The van der Waals surface area contributed by atoms with Crippen molar-refractivity contribution in [3.8, 4) is 12.3 Å². The molecule has 3 aliphatic rings. The average molecular weight is 472 g/mol. The van der Waals surface area contributed by atoms with Crippen LogP contribution in [0.25, 0.3) is 0 Å². The molecule has 4 rings (SSSR count). The summed E-state index contributed by atoms with van der Waals surface area (Å²) in [6, 6.07) is -0.369. The first-order valence-corrected chi connectivity index (χ1v) is 11.9. The number of nitrogens with one attached hydrogen (secondary N) is 1. The zero-order valence-corrected chi connectivity index (χ0v) is 20.1. The highest BCUT2D eigenvalue weighted by Gasteiger charge is 2.39. The standard InChI is InChI=1S/C22H33N9O3/c1-5-6-10-22(26-27-22)11-12-23-18(17-9-14-33-25-17)19-24-28-29-31(19)16-8-7-13-30(15-16)20(32)34-21(2,3)4/h1,16,18,23H,6-15H2,2-4H3. The SMILES string of the molecule is C#CCCC1(CCNC(C2=NOCC2)c2nnnn2C2CCCN(C(=O)OC(C)(C)C)C2)N=N1. The molecule has 0 saturated carbocycles. The first kappa shape index (κ1) is 24.1. The fourth-order valence-corrected chi connectivity index (χ4v) is 4.26. The minimum absolute atomic E-state index is 0.0612. The predicted molar refractivity (Wildman–Crippen MR) is 123 cm³/mol. The molecule has 12 nitrogen and oxygen atoms in total. The maximum absolute atomic E-state index is 12.6. The van der Waals surface area contributed by atoms with E-state index in [2.05, 4.69) is 42.1 Å². The minimum atomic E-state index is -0.544. The Kier molecular flexibility index (Phi) is 7.11. The summed E-state index contributed by atoms with van der Waals surface area (Å²) in [7, 11) is 0. The highest BCUT2D eigenvalue weighted by Crippen LogP contribution is 2.36. The molecule has 1 aromatic rings. The Morgan fingerprint density at radius 3 is 2.88 bits per heavy atom. The van der Waals surface area contributed by atoms with Crippen LogP contribution in [0.1, 0.15) is 77.2 Å². The molecule has 2 atom stereocenters. The number of piperidine rings is 1. The lowest BCUT2D eigenvalue weighted by atomic mass is 10.0. The van der Waals surface area contributed by atoms with Gasteiger partial charge >= 0.3 is 6.09 Å². The smallest absolute Gasteiger partial charge is 0.410 e. The average Bonchev–Trinajstić information content (AvgIpc) is 3.18. The highest BCUT2D eigenvalue weighted by molar-refractivity contribution is 5.90. The second-order valence-electron chi connectivity index (χ2n) is 9.89. The number of aromatic nitrogens is 4. The molecular formula is C22H33N9O3. The quantitative estimate of drug-likeness (QED) is 0.548. The van der Waals surface area contributed by atoms with Gasteiger partial charge in [0.1, 0.15) is 18.2 Å². The molecule has 0 spiro atoms. The molecule has 1 N–H and O–H groups in total. The molecule has 1 amide bonds. The second-order valence-corrected chi connectivity index (χ2v) is 9.89. The van der Waals surface area contributed by atoms with Crippen molar-refractivity contribution in [1.82, 2.24) is 30.4 Å². The van der Waals surface area contributed by atoms with E-state index in [-0.39, 0.29) is 23.8 Å². The number of oxime groups is 1. The summed E-state index contributed by atoms with van der Waals surface area (Å²) >= 11 is 0. The zero-order chi connectivity index (χ0) is 24.2. The second kappa shape index (κ2) is 10.0. The van der Waals surface area contributed by atoms with Crippen molar-refractivity contribution in [3.63, 3.8) is 0 Å². The monoisotopic (exact) mass is 471 g/mol. The normalized spacial score (nSPS) is 22.0. The topological polar surface area (TPSA) is 131 Å². The van der Waals surface area contributed by atoms with E-state index in [1.807, 2.05) is 25.5 Å². The zero-order valence-electron chi connectivity index (χ0n) is 20.1. The van der Waals surface area contributed by atoms with Crippen molar-refractivity contribution >= 4 is 11.8 Å². The molecule has 1 saturated heterocycles. The number of likely N-dealkylation sites (tertiary alicyclic amines) is 1. The van der Waals surface area contributed by atoms with Crippen LogP contribution in [0.2, 0.25) is 0 Å². The molecule has 3 aliphatic heterocycles. The van der Waals surface area contributed by atoms with Crippen LogP contribution in [-0.4, -0.2) is 74.4 Å². The van der Waals surface area contributed by atoms with Gasteiger partial charge in [-0.05, 0) is 44.0 Å². The van der Waals surface area contributed by atoms with Gasteiger partial charge in [-0.2, -0.15) is 10.2 Å². The number of nitrogens with zero attached hydrogens (tertiary/aromatic N) is 8. The van der Waals surface area contributed by atoms with E-state index in [1.165, 1.54) is 0 Å². The number of hydrogen-bond donors (Lipinski definition) is 1. The van der Waals surface area contributed by atoms with Gasteiger partial charge in [0, 0.05) is 45.3 Å². The van der Waals surface area contributed by atoms with Gasteiger partial charge in [-0.1, -0.05) is 5.16 Å². The summed E-state index contributed by atoms with van der Waals surface area (Å²) < 4.78 is 7.38. The lowest BCUT2D eigenvalue weighted by molar-refractivity contribution is 0.0164. The van der Waals surface area contributed by atoms with Gasteiger partial charge in [-0.3, -0.25) is 0 Å². The Labute approximate surface area is 199 Å². The van der Waals surface area contributed by atoms with E-state index < -0.39 is 5.60 Å². The van der Waals surface area contributed by atoms with Gasteiger partial charge in [0.2, 0.25) is 0 Å². The number of carbonyl (C=O) groups is 1. The van der Waals surface area contributed by atoms with Gasteiger partial charge < -0.3 is 19.8 Å². The third-order valence-electron chi connectivity index (χ3n) is 6.06. The van der Waals surface area contributed by atoms with Crippen LogP contribution in [0.3, 0.4) is 0 Å². The Morgan fingerprint density at radius 2 is 2.21 bits per heavy atom. The van der Waals surface area contributed by atoms with Gasteiger partial charge in [-0.15, -0.1) is 17.4 Å². The molecule has 1 fully saturated rings. The summed E-state index contributed by atoms with van der Waals surface area (Å²) in [5.41, 5.74) is -0.0726. The molecule has 4 heterocycles. The van der Waals surface area contributed by atoms with Crippen molar-refractivity contribution in [2.24, 2.45) is 15.4 Å². The van der Waals surface area contributed by atoms with Crippen molar-refractivity contribution in [1.29, 1.82) is 0 Å². The maximum atomic E-state index is 12.6. The van der Waals surface area contributed by atoms with Crippen molar-refractivity contribution < 1.29 is 14.4 Å². The van der Waals surface area contributed by atoms with Crippen molar-refractivity contribution in [3.05, 3.63) is 5.82 Å². The Bertz CT molecular complexity index is 969. The molecule has 1 aromatic heterocycles. The largest absolute Gasteiger partial charge is 0.444 e. The number of rotatable bonds is 9. The van der Waals surface area contributed by atoms with Crippen LogP contribution in [0.5, 0.6) is 0 Å². The van der Waals surface area contributed by atoms with Crippen LogP contribution < -0.4 is 5.32 Å². The van der Waals surface area contributed by atoms with Crippen molar-refractivity contribution in [2.75, 3.05) is 26.2 Å². The predicted octanol–water partition coefficient (Wildman–Crippen LogP) is 2.62. The van der Waals surface area contributed by atoms with E-state index in [0.717, 1.165) is 31.4 Å². The summed E-state index contributed by atoms with van der Waals surface area (Å²) in [6.45, 7) is 7.90. The third kappa shape index (κ3) is 5.88. The number of tetrazole rings is 1. The molecular weight excluding hydrogens is 438 g/mol. The molecule has 0 aliphatic carbocycles. The van der Waals surface area contributed by atoms with Crippen LogP contribution >= 0.6 is 0 Å². The maximum Gasteiger partial charge on any atom is 0.410 e. The lowest BCUT2D eigenvalue weighted by Crippen LogP contribution is -2.44. The van der Waals surface area contributed by atoms with E-state index in [0.29, 0.717) is 44.9 Å². The van der Waals surface area contributed by atoms with E-state index in [1.54, 1.807) is 4.90 Å². The number of carbonyl (C=O) groups excluding carboxylic acids is 1. The third-order valence-corrected chi connectivity index (χ3v) is 6.06. The van der Waals surface area contributed by atoms with Gasteiger partial charge in [0.25, 0.3) is 0 Å². The van der Waals surface area contributed by atoms with E-state index in [9.17, 15) is 4.79 Å². The highest BCUT2D eigenvalue weighted by atomic mass is 16.6. The van der Waals surface area contributed by atoms with E-state index in [4.69, 9.17) is 16.0 Å². The number of amides is 1. The van der Waals surface area contributed by atoms with Crippen LogP contribution in [-0.2, 0) is 9.57 Å². The molecule has 0 aromatic carbocycles. The summed E-state index contributed by atoms with van der Waals surface area (Å²) in [6.07, 6.45) is 9.60.